The molecule has 100 valence electrons. The van der Waals surface area contributed by atoms with E-state index in [9.17, 15) is 0 Å². The van der Waals surface area contributed by atoms with Crippen molar-refractivity contribution in [1.82, 2.24) is 0 Å². The first-order chi connectivity index (χ1) is 8.63. The molecule has 0 atom stereocenters. The minimum Gasteiger partial charge on any atom is -0.491 e. The number of hydrogen-bond donors (Lipinski definition) is 1. The Morgan fingerprint density at radius 2 is 1.78 bits per heavy atom. The maximum absolute atomic E-state index is 5.99. The van der Waals surface area contributed by atoms with Gasteiger partial charge < -0.3 is 10.5 Å². The topological polar surface area (TPSA) is 35.2 Å². The van der Waals surface area contributed by atoms with Crippen molar-refractivity contribution >= 4 is 0 Å². The van der Waals surface area contributed by atoms with Gasteiger partial charge in [-0.2, -0.15) is 0 Å². The van der Waals surface area contributed by atoms with E-state index < -0.39 is 0 Å². The van der Waals surface area contributed by atoms with Gasteiger partial charge in [0, 0.05) is 0 Å². The summed E-state index contributed by atoms with van der Waals surface area (Å²) in [6.45, 7) is 4.92. The maximum Gasteiger partial charge on any atom is 0.119 e. The lowest BCUT2D eigenvalue weighted by Gasteiger charge is -2.27. The highest BCUT2D eigenvalue weighted by molar-refractivity contribution is 5.28. The fourth-order valence-electron chi connectivity index (χ4n) is 2.97. The van der Waals surface area contributed by atoms with Crippen LogP contribution in [-0.4, -0.2) is 12.6 Å². The van der Waals surface area contributed by atoms with Crippen LogP contribution in [0.4, 0.5) is 0 Å². The van der Waals surface area contributed by atoms with Crippen molar-refractivity contribution < 1.29 is 4.74 Å². The van der Waals surface area contributed by atoms with E-state index in [1.165, 1.54) is 31.2 Å². The fourth-order valence-corrected chi connectivity index (χ4v) is 2.97. The standard InChI is InChI=1S/C16H25NO/c1-13(2)18-15-7-5-14(6-8-15)11-16(12-17)9-3-4-10-16/h5-8,13H,3-4,9-12,17H2,1-2H3. The van der Waals surface area contributed by atoms with Crippen molar-refractivity contribution in [2.45, 2.75) is 52.1 Å². The molecule has 0 aliphatic heterocycles. The van der Waals surface area contributed by atoms with Crippen LogP contribution < -0.4 is 10.5 Å². The summed E-state index contributed by atoms with van der Waals surface area (Å²) in [5.74, 6) is 0.960. The number of ether oxygens (including phenoxy) is 1. The lowest BCUT2D eigenvalue weighted by Crippen LogP contribution is -2.29. The van der Waals surface area contributed by atoms with Crippen LogP contribution >= 0.6 is 0 Å². The van der Waals surface area contributed by atoms with Gasteiger partial charge in [-0.1, -0.05) is 25.0 Å². The number of rotatable bonds is 5. The highest BCUT2D eigenvalue weighted by atomic mass is 16.5. The summed E-state index contributed by atoms with van der Waals surface area (Å²) in [6, 6.07) is 8.53. The summed E-state index contributed by atoms with van der Waals surface area (Å²) in [7, 11) is 0. The van der Waals surface area contributed by atoms with Gasteiger partial charge in [0.25, 0.3) is 0 Å². The quantitative estimate of drug-likeness (QED) is 0.863. The van der Waals surface area contributed by atoms with E-state index in [0.29, 0.717) is 5.41 Å². The van der Waals surface area contributed by atoms with E-state index in [-0.39, 0.29) is 6.10 Å². The summed E-state index contributed by atoms with van der Waals surface area (Å²) in [4.78, 5) is 0. The predicted octanol–water partition coefficient (Wildman–Crippen LogP) is 3.54. The molecule has 1 saturated carbocycles. The Balaban J connectivity index is 2.01. The molecule has 0 saturated heterocycles. The fraction of sp³-hybridized carbons (Fsp3) is 0.625. The van der Waals surface area contributed by atoms with Gasteiger partial charge in [0.2, 0.25) is 0 Å². The first kappa shape index (κ1) is 13.4. The molecule has 0 unspecified atom stereocenters. The Hall–Kier alpha value is -1.02. The number of benzene rings is 1. The van der Waals surface area contributed by atoms with E-state index in [4.69, 9.17) is 10.5 Å². The Labute approximate surface area is 111 Å². The minimum atomic E-state index is 0.237. The van der Waals surface area contributed by atoms with E-state index >= 15 is 0 Å². The van der Waals surface area contributed by atoms with Gasteiger partial charge in [-0.3, -0.25) is 0 Å². The largest absolute Gasteiger partial charge is 0.491 e. The highest BCUT2D eigenvalue weighted by Gasteiger charge is 2.32. The zero-order chi connectivity index (χ0) is 13.0. The lowest BCUT2D eigenvalue weighted by atomic mass is 9.80. The molecular formula is C16H25NO. The molecule has 1 aromatic rings. The third-order valence-electron chi connectivity index (χ3n) is 3.97. The molecule has 0 amide bonds. The van der Waals surface area contributed by atoms with Crippen molar-refractivity contribution in [2.24, 2.45) is 11.1 Å². The van der Waals surface area contributed by atoms with Crippen molar-refractivity contribution in [3.63, 3.8) is 0 Å². The third kappa shape index (κ3) is 3.26. The molecule has 2 nitrogen and oxygen atoms in total. The van der Waals surface area contributed by atoms with Crippen molar-refractivity contribution in [3.05, 3.63) is 29.8 Å². The molecule has 2 rings (SSSR count). The van der Waals surface area contributed by atoms with Crippen molar-refractivity contribution in [2.75, 3.05) is 6.54 Å². The zero-order valence-corrected chi connectivity index (χ0v) is 11.6. The van der Waals surface area contributed by atoms with Crippen LogP contribution in [0.25, 0.3) is 0 Å². The van der Waals surface area contributed by atoms with Crippen molar-refractivity contribution in [3.8, 4) is 5.75 Å². The predicted molar refractivity (Wildman–Crippen MR) is 75.9 cm³/mol. The molecule has 0 spiro atoms. The molecule has 0 aromatic heterocycles. The number of hydrogen-bond acceptors (Lipinski definition) is 2. The molecule has 1 aliphatic carbocycles. The second kappa shape index (κ2) is 5.75. The van der Waals surface area contributed by atoms with Crippen molar-refractivity contribution in [1.29, 1.82) is 0 Å². The normalized spacial score (nSPS) is 18.2. The van der Waals surface area contributed by atoms with Crippen LogP contribution in [0.3, 0.4) is 0 Å². The summed E-state index contributed by atoms with van der Waals surface area (Å²) in [5, 5.41) is 0. The average Bonchev–Trinajstić information content (AvgIpc) is 2.80. The molecule has 2 heteroatoms. The van der Waals surface area contributed by atoms with Gasteiger partial charge in [0.1, 0.15) is 5.75 Å². The summed E-state index contributed by atoms with van der Waals surface area (Å²) >= 11 is 0. The van der Waals surface area contributed by atoms with E-state index in [0.717, 1.165) is 18.7 Å². The van der Waals surface area contributed by atoms with E-state index in [2.05, 4.69) is 38.1 Å². The minimum absolute atomic E-state index is 0.237. The maximum atomic E-state index is 5.99. The molecule has 0 radical (unpaired) electrons. The third-order valence-corrected chi connectivity index (χ3v) is 3.97. The molecule has 1 aliphatic rings. The molecule has 1 fully saturated rings. The van der Waals surface area contributed by atoms with Gasteiger partial charge in [0.15, 0.2) is 0 Å². The van der Waals surface area contributed by atoms with Crippen LogP contribution in [-0.2, 0) is 6.42 Å². The monoisotopic (exact) mass is 247 g/mol. The Morgan fingerprint density at radius 1 is 1.17 bits per heavy atom. The van der Waals surface area contributed by atoms with Crippen LogP contribution in [0.5, 0.6) is 5.75 Å². The van der Waals surface area contributed by atoms with Crippen LogP contribution in [0.15, 0.2) is 24.3 Å². The van der Waals surface area contributed by atoms with Crippen LogP contribution in [0.1, 0.15) is 45.1 Å². The summed E-state index contributed by atoms with van der Waals surface area (Å²) in [6.07, 6.45) is 6.60. The first-order valence-electron chi connectivity index (χ1n) is 7.09. The summed E-state index contributed by atoms with van der Waals surface area (Å²) in [5.41, 5.74) is 7.74. The van der Waals surface area contributed by atoms with Crippen LogP contribution in [0.2, 0.25) is 0 Å². The SMILES string of the molecule is CC(C)Oc1ccc(CC2(CN)CCCC2)cc1. The van der Waals surface area contributed by atoms with Gasteiger partial charge >= 0.3 is 0 Å². The second-order valence-electron chi connectivity index (χ2n) is 5.90. The van der Waals surface area contributed by atoms with Gasteiger partial charge in [-0.25, -0.2) is 0 Å². The smallest absolute Gasteiger partial charge is 0.119 e. The first-order valence-corrected chi connectivity index (χ1v) is 7.09. The average molecular weight is 247 g/mol. The molecule has 0 heterocycles. The highest BCUT2D eigenvalue weighted by Crippen LogP contribution is 2.40. The number of nitrogens with two attached hydrogens (primary N) is 1. The van der Waals surface area contributed by atoms with Gasteiger partial charge in [-0.15, -0.1) is 0 Å². The molecule has 1 aromatic carbocycles. The second-order valence-corrected chi connectivity index (χ2v) is 5.90. The lowest BCUT2D eigenvalue weighted by molar-refractivity contribution is 0.242. The molecule has 18 heavy (non-hydrogen) atoms. The van der Waals surface area contributed by atoms with Gasteiger partial charge in [-0.05, 0) is 62.8 Å². The zero-order valence-electron chi connectivity index (χ0n) is 11.6. The Bertz CT molecular complexity index is 363. The Morgan fingerprint density at radius 3 is 2.28 bits per heavy atom. The molecule has 0 bridgehead atoms. The van der Waals surface area contributed by atoms with E-state index in [1.807, 2.05) is 0 Å². The van der Waals surface area contributed by atoms with E-state index in [1.54, 1.807) is 0 Å². The molecule has 2 N–H and O–H groups in total. The van der Waals surface area contributed by atoms with Gasteiger partial charge in [0.05, 0.1) is 6.10 Å². The Kier molecular flexibility index (Phi) is 4.28. The van der Waals surface area contributed by atoms with Crippen LogP contribution in [0, 0.1) is 5.41 Å². The molecular weight excluding hydrogens is 222 g/mol. The summed E-state index contributed by atoms with van der Waals surface area (Å²) < 4.78 is 5.67.